The van der Waals surface area contributed by atoms with Gasteiger partial charge in [-0.3, -0.25) is 0 Å². The highest BCUT2D eigenvalue weighted by molar-refractivity contribution is 9.10. The largest absolute Gasteiger partial charge is 0.354 e. The van der Waals surface area contributed by atoms with Crippen LogP contribution in [0.2, 0.25) is 5.02 Å². The fraction of sp³-hybridized carbons (Fsp3) is 0. The Bertz CT molecular complexity index is 1020. The predicted octanol–water partition coefficient (Wildman–Crippen LogP) is 4.93. The molecule has 0 saturated carbocycles. The van der Waals surface area contributed by atoms with Crippen LogP contribution in [-0.4, -0.2) is 25.6 Å². The normalized spacial score (nSPS) is 11.6. The van der Waals surface area contributed by atoms with E-state index in [0.29, 0.717) is 5.82 Å². The van der Waals surface area contributed by atoms with Crippen molar-refractivity contribution in [2.24, 2.45) is 0 Å². The van der Waals surface area contributed by atoms with E-state index in [4.69, 9.17) is 11.6 Å². The molecule has 0 unspecified atom stereocenters. The minimum atomic E-state index is 0.555. The van der Waals surface area contributed by atoms with E-state index in [1.807, 2.05) is 54.6 Å². The molecule has 2 aromatic heterocycles. The highest BCUT2D eigenvalue weighted by Crippen LogP contribution is 2.32. The zero-order chi connectivity index (χ0) is 16.5. The maximum absolute atomic E-state index is 5.93. The van der Waals surface area contributed by atoms with Gasteiger partial charge < -0.3 is 4.98 Å². The van der Waals surface area contributed by atoms with E-state index in [2.05, 4.69) is 41.5 Å². The van der Waals surface area contributed by atoms with E-state index in [0.717, 1.165) is 37.2 Å². The summed E-state index contributed by atoms with van der Waals surface area (Å²) >= 11 is 9.43. The van der Waals surface area contributed by atoms with Crippen molar-refractivity contribution in [3.63, 3.8) is 0 Å². The van der Waals surface area contributed by atoms with Gasteiger partial charge in [0.15, 0.2) is 0 Å². The number of halogens is 2. The third kappa shape index (κ3) is 2.86. The predicted molar refractivity (Wildman–Crippen MR) is 99.6 cm³/mol. The second kappa shape index (κ2) is 6.22. The summed E-state index contributed by atoms with van der Waals surface area (Å²) in [6.07, 6.45) is 4.02. The topological polar surface area (TPSA) is 70.2 Å². The molecule has 4 rings (SSSR count). The summed E-state index contributed by atoms with van der Waals surface area (Å²) in [6.45, 7) is 0. The summed E-state index contributed by atoms with van der Waals surface area (Å²) in [4.78, 5) is 3.41. The number of nitrogens with zero attached hydrogens (tertiary/aromatic N) is 3. The van der Waals surface area contributed by atoms with Gasteiger partial charge in [-0.05, 0) is 41.1 Å². The Morgan fingerprint density at radius 2 is 1.88 bits per heavy atom. The van der Waals surface area contributed by atoms with Gasteiger partial charge in [-0.1, -0.05) is 51.8 Å². The summed E-state index contributed by atoms with van der Waals surface area (Å²) in [5.74, 6) is 0.555. The summed E-state index contributed by atoms with van der Waals surface area (Å²) in [6, 6.07) is 13.7. The lowest BCUT2D eigenvalue weighted by Gasteiger charge is -1.96. The monoisotopic (exact) mass is 399 g/mol. The molecule has 0 bridgehead atoms. The van der Waals surface area contributed by atoms with Gasteiger partial charge in [0.1, 0.15) is 0 Å². The fourth-order valence-electron chi connectivity index (χ4n) is 2.58. The van der Waals surface area contributed by atoms with Gasteiger partial charge in [-0.25, -0.2) is 0 Å². The second-order valence-electron chi connectivity index (χ2n) is 5.22. The number of fused-ring (bicyclic) bond motifs is 1. The van der Waals surface area contributed by atoms with Crippen molar-refractivity contribution in [2.45, 2.75) is 0 Å². The molecule has 2 heterocycles. The zero-order valence-electron chi connectivity index (χ0n) is 12.3. The minimum Gasteiger partial charge on any atom is -0.354 e. The highest BCUT2D eigenvalue weighted by atomic mass is 79.9. The van der Waals surface area contributed by atoms with Crippen LogP contribution < -0.4 is 0 Å². The Hall–Kier alpha value is -2.44. The molecule has 0 radical (unpaired) electrons. The van der Waals surface area contributed by atoms with Crippen LogP contribution in [0.4, 0.5) is 0 Å². The SMILES string of the molecule is Clc1ccc(/C=C/c2[nH]c3cc(Br)ccc3c2-c2nn[nH]n2)cc1. The van der Waals surface area contributed by atoms with E-state index in [9.17, 15) is 0 Å². The molecule has 118 valence electrons. The van der Waals surface area contributed by atoms with E-state index < -0.39 is 0 Å². The first-order chi connectivity index (χ1) is 11.7. The average molecular weight is 401 g/mol. The zero-order valence-corrected chi connectivity index (χ0v) is 14.6. The van der Waals surface area contributed by atoms with Crippen molar-refractivity contribution in [1.82, 2.24) is 25.6 Å². The van der Waals surface area contributed by atoms with Crippen molar-refractivity contribution in [2.75, 3.05) is 0 Å². The smallest absolute Gasteiger partial charge is 0.207 e. The van der Waals surface area contributed by atoms with Crippen molar-refractivity contribution in [1.29, 1.82) is 0 Å². The van der Waals surface area contributed by atoms with Gasteiger partial charge in [0.2, 0.25) is 5.82 Å². The summed E-state index contributed by atoms with van der Waals surface area (Å²) in [5.41, 5.74) is 3.88. The number of H-pyrrole nitrogens is 2. The number of hydrogen-bond acceptors (Lipinski definition) is 3. The number of benzene rings is 2. The Morgan fingerprint density at radius 3 is 2.62 bits per heavy atom. The molecular formula is C17H11BrClN5. The van der Waals surface area contributed by atoms with Gasteiger partial charge in [0.25, 0.3) is 0 Å². The Labute approximate surface area is 150 Å². The van der Waals surface area contributed by atoms with Crippen molar-refractivity contribution in [3.05, 3.63) is 63.2 Å². The van der Waals surface area contributed by atoms with E-state index in [-0.39, 0.29) is 0 Å². The van der Waals surface area contributed by atoms with E-state index >= 15 is 0 Å². The maximum Gasteiger partial charge on any atom is 0.207 e. The molecule has 5 nitrogen and oxygen atoms in total. The number of aromatic amines is 2. The molecule has 0 fully saturated rings. The Kier molecular flexibility index (Phi) is 3.92. The van der Waals surface area contributed by atoms with Crippen LogP contribution in [0.15, 0.2) is 46.9 Å². The molecule has 0 aliphatic heterocycles. The quantitative estimate of drug-likeness (QED) is 0.512. The van der Waals surface area contributed by atoms with Gasteiger partial charge in [-0.15, -0.1) is 10.2 Å². The number of tetrazole rings is 1. The molecule has 0 amide bonds. The van der Waals surface area contributed by atoms with Gasteiger partial charge >= 0.3 is 0 Å². The van der Waals surface area contributed by atoms with Crippen LogP contribution in [0.25, 0.3) is 34.4 Å². The van der Waals surface area contributed by atoms with Gasteiger partial charge in [-0.2, -0.15) is 5.21 Å². The standard InChI is InChI=1S/C17H11BrClN5/c18-11-4-7-13-15(9-11)20-14(16(13)17-21-23-24-22-17)8-3-10-1-5-12(19)6-2-10/h1-9,20H,(H,21,22,23,24)/b8-3+. The molecule has 0 atom stereocenters. The minimum absolute atomic E-state index is 0.555. The lowest BCUT2D eigenvalue weighted by Crippen LogP contribution is -1.83. The first-order valence-electron chi connectivity index (χ1n) is 7.19. The molecule has 4 aromatic rings. The van der Waals surface area contributed by atoms with Crippen LogP contribution in [0.3, 0.4) is 0 Å². The van der Waals surface area contributed by atoms with Crippen LogP contribution in [0.5, 0.6) is 0 Å². The first kappa shape index (κ1) is 15.1. The molecular weight excluding hydrogens is 390 g/mol. The average Bonchev–Trinajstić information content (AvgIpc) is 3.20. The third-order valence-corrected chi connectivity index (χ3v) is 4.42. The molecule has 2 N–H and O–H groups in total. The Balaban J connectivity index is 1.84. The third-order valence-electron chi connectivity index (χ3n) is 3.67. The molecule has 24 heavy (non-hydrogen) atoms. The van der Waals surface area contributed by atoms with Crippen molar-refractivity contribution < 1.29 is 0 Å². The summed E-state index contributed by atoms with van der Waals surface area (Å²) in [5, 5.41) is 16.2. The van der Waals surface area contributed by atoms with E-state index in [1.165, 1.54) is 0 Å². The van der Waals surface area contributed by atoms with E-state index in [1.54, 1.807) is 0 Å². The van der Waals surface area contributed by atoms with Crippen LogP contribution in [0, 0.1) is 0 Å². The van der Waals surface area contributed by atoms with Crippen molar-refractivity contribution in [3.8, 4) is 11.4 Å². The number of nitrogens with one attached hydrogen (secondary N) is 2. The van der Waals surface area contributed by atoms with Crippen LogP contribution in [0.1, 0.15) is 11.3 Å². The molecule has 2 aromatic carbocycles. The Morgan fingerprint density at radius 1 is 1.04 bits per heavy atom. The lowest BCUT2D eigenvalue weighted by atomic mass is 10.1. The van der Waals surface area contributed by atoms with Crippen LogP contribution in [-0.2, 0) is 0 Å². The first-order valence-corrected chi connectivity index (χ1v) is 8.36. The van der Waals surface area contributed by atoms with Crippen molar-refractivity contribution >= 4 is 50.6 Å². The lowest BCUT2D eigenvalue weighted by molar-refractivity contribution is 0.881. The summed E-state index contributed by atoms with van der Waals surface area (Å²) < 4.78 is 1.00. The molecule has 0 saturated heterocycles. The molecule has 7 heteroatoms. The summed E-state index contributed by atoms with van der Waals surface area (Å²) in [7, 11) is 0. The van der Waals surface area contributed by atoms with Gasteiger partial charge in [0.05, 0.1) is 11.3 Å². The van der Waals surface area contributed by atoms with Crippen LogP contribution >= 0.6 is 27.5 Å². The number of rotatable bonds is 3. The molecule has 0 spiro atoms. The maximum atomic E-state index is 5.93. The molecule has 0 aliphatic carbocycles. The number of aromatic nitrogens is 5. The molecule has 0 aliphatic rings. The second-order valence-corrected chi connectivity index (χ2v) is 6.58. The fourth-order valence-corrected chi connectivity index (χ4v) is 3.06. The number of hydrogen-bond donors (Lipinski definition) is 2. The van der Waals surface area contributed by atoms with Gasteiger partial charge in [0, 0.05) is 20.4 Å². The highest BCUT2D eigenvalue weighted by Gasteiger charge is 2.15.